The third kappa shape index (κ3) is 4.74. The highest BCUT2D eigenvalue weighted by Crippen LogP contribution is 2.33. The summed E-state index contributed by atoms with van der Waals surface area (Å²) in [4.78, 5) is 11.3. The van der Waals surface area contributed by atoms with Gasteiger partial charge in [-0.2, -0.15) is 0 Å². The number of ether oxygens (including phenoxy) is 3. The van der Waals surface area contributed by atoms with Crippen LogP contribution in [0.15, 0.2) is 0 Å². The Bertz CT molecular complexity index is 310. The molecule has 0 amide bonds. The normalized spacial score (nSPS) is 23.2. The van der Waals surface area contributed by atoms with Gasteiger partial charge in [0.1, 0.15) is 6.29 Å². The number of aliphatic hydroxyl groups is 1. The van der Waals surface area contributed by atoms with Crippen molar-refractivity contribution in [2.45, 2.75) is 77.5 Å². The van der Waals surface area contributed by atoms with E-state index in [2.05, 4.69) is 0 Å². The van der Waals surface area contributed by atoms with Gasteiger partial charge in [-0.05, 0) is 32.1 Å². The molecule has 0 radical (unpaired) electrons. The van der Waals surface area contributed by atoms with Crippen molar-refractivity contribution in [1.29, 1.82) is 0 Å². The molecule has 1 N–H and O–H groups in total. The minimum absolute atomic E-state index is 0.220. The molecule has 124 valence electrons. The molecular weight excluding hydrogens is 272 g/mol. The lowest BCUT2D eigenvalue weighted by Gasteiger charge is -2.28. The van der Waals surface area contributed by atoms with Gasteiger partial charge in [-0.15, -0.1) is 0 Å². The Morgan fingerprint density at radius 1 is 1.33 bits per heavy atom. The molecule has 0 aromatic heterocycles. The smallest absolute Gasteiger partial charge is 0.168 e. The summed E-state index contributed by atoms with van der Waals surface area (Å²) in [6, 6.07) is 0. The Hall–Kier alpha value is -0.490. The van der Waals surface area contributed by atoms with Crippen molar-refractivity contribution in [3.05, 3.63) is 0 Å². The van der Waals surface area contributed by atoms with E-state index in [1.54, 1.807) is 0 Å². The molecule has 0 spiro atoms. The van der Waals surface area contributed by atoms with Crippen LogP contribution in [0.1, 0.15) is 59.8 Å². The fourth-order valence-corrected chi connectivity index (χ4v) is 2.59. The monoisotopic (exact) mass is 302 g/mol. The molecular formula is C16H30O5. The Morgan fingerprint density at radius 3 is 2.38 bits per heavy atom. The quantitative estimate of drug-likeness (QED) is 0.496. The van der Waals surface area contributed by atoms with Gasteiger partial charge in [0.25, 0.3) is 0 Å². The lowest BCUT2D eigenvalue weighted by Crippen LogP contribution is -2.34. The van der Waals surface area contributed by atoms with Crippen LogP contribution in [0.5, 0.6) is 0 Å². The first kappa shape index (κ1) is 18.6. The number of aldehydes is 1. The summed E-state index contributed by atoms with van der Waals surface area (Å²) in [5, 5.41) is 10.1. The second kappa shape index (κ2) is 8.22. The van der Waals surface area contributed by atoms with Gasteiger partial charge in [0.2, 0.25) is 0 Å². The average molecular weight is 302 g/mol. The minimum Gasteiger partial charge on any atom is -0.365 e. The molecule has 5 heteroatoms. The highest BCUT2D eigenvalue weighted by atomic mass is 16.7. The van der Waals surface area contributed by atoms with Crippen molar-refractivity contribution < 1.29 is 24.1 Å². The summed E-state index contributed by atoms with van der Waals surface area (Å²) in [5.41, 5.74) is 0. The lowest BCUT2D eigenvalue weighted by atomic mass is 10.0. The van der Waals surface area contributed by atoms with Crippen LogP contribution >= 0.6 is 0 Å². The van der Waals surface area contributed by atoms with Gasteiger partial charge in [-0.1, -0.05) is 27.7 Å². The second-order valence-electron chi connectivity index (χ2n) is 5.68. The Balaban J connectivity index is 2.48. The van der Waals surface area contributed by atoms with E-state index in [9.17, 15) is 9.90 Å². The fraction of sp³-hybridized carbons (Fsp3) is 0.938. The standard InChI is InChI=1S/C16H30O5/c1-5-15(18,6-2)19-10-9-13(11-17)14-12-20-16(7-3,8-4)21-14/h11,13-14,18H,5-10,12H2,1-4H3/t13?,14-/m0/s1. The summed E-state index contributed by atoms with van der Waals surface area (Å²) in [6.07, 6.45) is 3.84. The molecule has 0 saturated carbocycles. The molecule has 1 unspecified atom stereocenters. The Labute approximate surface area is 128 Å². The van der Waals surface area contributed by atoms with Gasteiger partial charge in [0.05, 0.1) is 19.3 Å². The zero-order valence-corrected chi connectivity index (χ0v) is 13.8. The SMILES string of the molecule is CCC(O)(CC)OCCC(C=O)[C@@H]1COC(CC)(CC)O1. The topological polar surface area (TPSA) is 65.0 Å². The number of carbonyl (C=O) groups excluding carboxylic acids is 1. The van der Waals surface area contributed by atoms with Crippen LogP contribution in [0.2, 0.25) is 0 Å². The van der Waals surface area contributed by atoms with Crippen molar-refractivity contribution in [2.24, 2.45) is 5.92 Å². The first-order valence-corrected chi connectivity index (χ1v) is 8.11. The summed E-state index contributed by atoms with van der Waals surface area (Å²) in [7, 11) is 0. The van der Waals surface area contributed by atoms with E-state index in [0.717, 1.165) is 19.1 Å². The molecule has 0 bridgehead atoms. The molecule has 2 atom stereocenters. The Morgan fingerprint density at radius 2 is 1.95 bits per heavy atom. The van der Waals surface area contributed by atoms with Gasteiger partial charge in [-0.3, -0.25) is 0 Å². The number of hydrogen-bond donors (Lipinski definition) is 1. The fourth-order valence-electron chi connectivity index (χ4n) is 2.59. The molecule has 1 fully saturated rings. The lowest BCUT2D eigenvalue weighted by molar-refractivity contribution is -0.210. The van der Waals surface area contributed by atoms with Gasteiger partial charge in [0.15, 0.2) is 11.6 Å². The van der Waals surface area contributed by atoms with Gasteiger partial charge in [0, 0.05) is 5.92 Å². The van der Waals surface area contributed by atoms with Crippen LogP contribution in [-0.4, -0.2) is 42.3 Å². The molecule has 1 aliphatic heterocycles. The summed E-state index contributed by atoms with van der Waals surface area (Å²) in [6.45, 7) is 8.58. The van der Waals surface area contributed by atoms with Crippen LogP contribution in [0.25, 0.3) is 0 Å². The number of carbonyl (C=O) groups is 1. The van der Waals surface area contributed by atoms with Crippen molar-refractivity contribution in [1.82, 2.24) is 0 Å². The van der Waals surface area contributed by atoms with E-state index >= 15 is 0 Å². The first-order chi connectivity index (χ1) is 9.98. The zero-order valence-electron chi connectivity index (χ0n) is 13.8. The third-order valence-electron chi connectivity index (χ3n) is 4.53. The van der Waals surface area contributed by atoms with Crippen molar-refractivity contribution in [2.75, 3.05) is 13.2 Å². The van der Waals surface area contributed by atoms with E-state index in [4.69, 9.17) is 14.2 Å². The van der Waals surface area contributed by atoms with E-state index in [1.165, 1.54) is 0 Å². The van der Waals surface area contributed by atoms with Crippen LogP contribution in [0.3, 0.4) is 0 Å². The maximum atomic E-state index is 11.3. The van der Waals surface area contributed by atoms with Crippen LogP contribution in [-0.2, 0) is 19.0 Å². The van der Waals surface area contributed by atoms with Crippen LogP contribution in [0, 0.1) is 5.92 Å². The number of hydrogen-bond acceptors (Lipinski definition) is 5. The molecule has 1 aliphatic rings. The largest absolute Gasteiger partial charge is 0.365 e. The van der Waals surface area contributed by atoms with Crippen LogP contribution < -0.4 is 0 Å². The zero-order chi connectivity index (χ0) is 15.9. The first-order valence-electron chi connectivity index (χ1n) is 8.11. The Kier molecular flexibility index (Phi) is 7.27. The van der Waals surface area contributed by atoms with Gasteiger partial charge >= 0.3 is 0 Å². The van der Waals surface area contributed by atoms with E-state index < -0.39 is 11.6 Å². The molecule has 0 aromatic rings. The molecule has 21 heavy (non-hydrogen) atoms. The summed E-state index contributed by atoms with van der Waals surface area (Å²) in [5.74, 6) is -1.89. The molecule has 0 aromatic carbocycles. The van der Waals surface area contributed by atoms with E-state index in [-0.39, 0.29) is 12.0 Å². The molecule has 1 heterocycles. The predicted molar refractivity (Wildman–Crippen MR) is 79.8 cm³/mol. The van der Waals surface area contributed by atoms with Crippen molar-refractivity contribution in [3.63, 3.8) is 0 Å². The second-order valence-corrected chi connectivity index (χ2v) is 5.68. The molecule has 0 aliphatic carbocycles. The average Bonchev–Trinajstić information content (AvgIpc) is 2.96. The molecule has 1 saturated heterocycles. The van der Waals surface area contributed by atoms with E-state index in [0.29, 0.717) is 32.5 Å². The van der Waals surface area contributed by atoms with E-state index in [1.807, 2.05) is 27.7 Å². The summed E-state index contributed by atoms with van der Waals surface area (Å²) < 4.78 is 17.2. The highest BCUT2D eigenvalue weighted by molar-refractivity contribution is 5.54. The molecule has 5 nitrogen and oxygen atoms in total. The third-order valence-corrected chi connectivity index (χ3v) is 4.53. The summed E-state index contributed by atoms with van der Waals surface area (Å²) >= 11 is 0. The van der Waals surface area contributed by atoms with Crippen LogP contribution in [0.4, 0.5) is 0 Å². The maximum Gasteiger partial charge on any atom is 0.168 e. The maximum absolute atomic E-state index is 11.3. The minimum atomic E-state index is -1.09. The van der Waals surface area contributed by atoms with Gasteiger partial charge < -0.3 is 24.1 Å². The number of rotatable bonds is 10. The molecule has 1 rings (SSSR count). The van der Waals surface area contributed by atoms with Crippen molar-refractivity contribution >= 4 is 6.29 Å². The highest BCUT2D eigenvalue weighted by Gasteiger charge is 2.41. The predicted octanol–water partition coefficient (Wildman–Crippen LogP) is 2.65. The van der Waals surface area contributed by atoms with Gasteiger partial charge in [-0.25, -0.2) is 0 Å². The van der Waals surface area contributed by atoms with Crippen molar-refractivity contribution in [3.8, 4) is 0 Å².